The lowest BCUT2D eigenvalue weighted by atomic mass is 9.99. The van der Waals surface area contributed by atoms with Crippen molar-refractivity contribution in [3.8, 4) is 0 Å². The van der Waals surface area contributed by atoms with E-state index in [2.05, 4.69) is 0 Å². The summed E-state index contributed by atoms with van der Waals surface area (Å²) in [5.41, 5.74) is 1.34. The third kappa shape index (κ3) is 2.21. The Morgan fingerprint density at radius 1 is 1.14 bits per heavy atom. The van der Waals surface area contributed by atoms with E-state index in [0.717, 1.165) is 5.56 Å². The molecule has 0 spiro atoms. The van der Waals surface area contributed by atoms with Gasteiger partial charge in [-0.2, -0.15) is 0 Å². The summed E-state index contributed by atoms with van der Waals surface area (Å²) in [6.45, 7) is 5.47. The second-order valence-corrected chi connectivity index (χ2v) is 4.42. The summed E-state index contributed by atoms with van der Waals surface area (Å²) in [6, 6.07) is 3.55. The van der Waals surface area contributed by atoms with Gasteiger partial charge in [0.1, 0.15) is 6.17 Å². The molecule has 1 rings (SSSR count). The molecule has 0 aliphatic carbocycles. The molecule has 1 aromatic rings. The Morgan fingerprint density at radius 2 is 1.71 bits per heavy atom. The SMILES string of the molecule is CC(C)c1ccc(Cl)c(C(C)F)c1Cl. The van der Waals surface area contributed by atoms with Crippen LogP contribution in [-0.4, -0.2) is 0 Å². The fourth-order valence-corrected chi connectivity index (χ4v) is 2.29. The summed E-state index contributed by atoms with van der Waals surface area (Å²) in [5.74, 6) is 0.275. The van der Waals surface area contributed by atoms with Crippen molar-refractivity contribution in [2.45, 2.75) is 32.9 Å². The average Bonchev–Trinajstić information content (AvgIpc) is 2.02. The van der Waals surface area contributed by atoms with E-state index >= 15 is 0 Å². The van der Waals surface area contributed by atoms with Gasteiger partial charge >= 0.3 is 0 Å². The van der Waals surface area contributed by atoms with Crippen LogP contribution in [-0.2, 0) is 0 Å². The zero-order valence-electron chi connectivity index (χ0n) is 8.44. The van der Waals surface area contributed by atoms with Gasteiger partial charge in [-0.05, 0) is 24.5 Å². The van der Waals surface area contributed by atoms with Gasteiger partial charge in [-0.25, -0.2) is 4.39 Å². The summed E-state index contributed by atoms with van der Waals surface area (Å²) >= 11 is 12.0. The van der Waals surface area contributed by atoms with Crippen molar-refractivity contribution in [2.75, 3.05) is 0 Å². The summed E-state index contributed by atoms with van der Waals surface area (Å²) in [7, 11) is 0. The number of alkyl halides is 1. The maximum absolute atomic E-state index is 13.2. The van der Waals surface area contributed by atoms with Gasteiger partial charge in [-0.15, -0.1) is 0 Å². The molecule has 0 fully saturated rings. The maximum Gasteiger partial charge on any atom is 0.125 e. The lowest BCUT2D eigenvalue weighted by Crippen LogP contribution is -1.96. The quantitative estimate of drug-likeness (QED) is 0.665. The van der Waals surface area contributed by atoms with Crippen LogP contribution in [0.3, 0.4) is 0 Å². The van der Waals surface area contributed by atoms with Crippen molar-refractivity contribution in [1.29, 1.82) is 0 Å². The molecule has 1 unspecified atom stereocenters. The van der Waals surface area contributed by atoms with Crippen molar-refractivity contribution in [1.82, 2.24) is 0 Å². The van der Waals surface area contributed by atoms with Crippen LogP contribution in [0.5, 0.6) is 0 Å². The van der Waals surface area contributed by atoms with Crippen LogP contribution in [0.2, 0.25) is 10.0 Å². The molecule has 78 valence electrons. The fraction of sp³-hybridized carbons (Fsp3) is 0.455. The van der Waals surface area contributed by atoms with Gasteiger partial charge in [0.25, 0.3) is 0 Å². The highest BCUT2D eigenvalue weighted by Crippen LogP contribution is 2.37. The van der Waals surface area contributed by atoms with Crippen LogP contribution in [0.25, 0.3) is 0 Å². The highest BCUT2D eigenvalue weighted by molar-refractivity contribution is 6.36. The maximum atomic E-state index is 13.2. The third-order valence-corrected chi connectivity index (χ3v) is 2.93. The second kappa shape index (κ2) is 4.50. The molecule has 0 aliphatic rings. The van der Waals surface area contributed by atoms with Crippen LogP contribution in [0.1, 0.15) is 44.0 Å². The molecule has 0 amide bonds. The second-order valence-electron chi connectivity index (χ2n) is 3.63. The lowest BCUT2D eigenvalue weighted by Gasteiger charge is -2.14. The molecule has 1 aromatic carbocycles. The predicted octanol–water partition coefficient (Wildman–Crippen LogP) is 5.15. The van der Waals surface area contributed by atoms with Gasteiger partial charge in [0, 0.05) is 10.6 Å². The first kappa shape index (κ1) is 11.8. The van der Waals surface area contributed by atoms with Crippen molar-refractivity contribution in [3.05, 3.63) is 33.3 Å². The van der Waals surface area contributed by atoms with E-state index in [9.17, 15) is 4.39 Å². The van der Waals surface area contributed by atoms with E-state index in [1.54, 1.807) is 6.07 Å². The van der Waals surface area contributed by atoms with Crippen molar-refractivity contribution < 1.29 is 4.39 Å². The number of benzene rings is 1. The first-order chi connectivity index (χ1) is 6.45. The van der Waals surface area contributed by atoms with Crippen molar-refractivity contribution in [2.24, 2.45) is 0 Å². The minimum atomic E-state index is -1.13. The molecule has 0 radical (unpaired) electrons. The first-order valence-electron chi connectivity index (χ1n) is 4.57. The van der Waals surface area contributed by atoms with Crippen LogP contribution < -0.4 is 0 Å². The molecular weight excluding hydrogens is 222 g/mol. The monoisotopic (exact) mass is 234 g/mol. The molecule has 0 nitrogen and oxygen atoms in total. The molecule has 1 atom stereocenters. The fourth-order valence-electron chi connectivity index (χ4n) is 1.40. The Kier molecular flexibility index (Phi) is 3.79. The first-order valence-corrected chi connectivity index (χ1v) is 5.32. The summed E-state index contributed by atoms with van der Waals surface area (Å²) in [6.07, 6.45) is -1.13. The van der Waals surface area contributed by atoms with Gasteiger partial charge in [0.15, 0.2) is 0 Å². The van der Waals surface area contributed by atoms with E-state index in [1.807, 2.05) is 19.9 Å². The zero-order chi connectivity index (χ0) is 10.9. The Hall–Kier alpha value is -0.270. The van der Waals surface area contributed by atoms with E-state index < -0.39 is 6.17 Å². The normalized spacial score (nSPS) is 13.4. The highest BCUT2D eigenvalue weighted by Gasteiger charge is 2.17. The molecule has 0 N–H and O–H groups in total. The minimum Gasteiger partial charge on any atom is -0.242 e. The van der Waals surface area contributed by atoms with Crippen LogP contribution in [0.15, 0.2) is 12.1 Å². The lowest BCUT2D eigenvalue weighted by molar-refractivity contribution is 0.374. The minimum absolute atomic E-state index is 0.275. The molecule has 0 aliphatic heterocycles. The zero-order valence-corrected chi connectivity index (χ0v) is 9.96. The summed E-state index contributed by atoms with van der Waals surface area (Å²) in [4.78, 5) is 0. The molecule has 0 bridgehead atoms. The van der Waals surface area contributed by atoms with Crippen LogP contribution in [0, 0.1) is 0 Å². The molecule has 3 heteroatoms. The van der Waals surface area contributed by atoms with Crippen LogP contribution >= 0.6 is 23.2 Å². The summed E-state index contributed by atoms with van der Waals surface area (Å²) in [5, 5.41) is 0.858. The van der Waals surface area contributed by atoms with Gasteiger partial charge in [0.2, 0.25) is 0 Å². The largest absolute Gasteiger partial charge is 0.242 e. The molecule has 0 saturated heterocycles. The van der Waals surface area contributed by atoms with E-state index in [0.29, 0.717) is 15.6 Å². The number of hydrogen-bond donors (Lipinski definition) is 0. The highest BCUT2D eigenvalue weighted by atomic mass is 35.5. The third-order valence-electron chi connectivity index (χ3n) is 2.18. The molecule has 0 aromatic heterocycles. The molecule has 0 saturated carbocycles. The topological polar surface area (TPSA) is 0 Å². The van der Waals surface area contributed by atoms with Gasteiger partial charge in [-0.3, -0.25) is 0 Å². The van der Waals surface area contributed by atoms with E-state index in [1.165, 1.54) is 6.92 Å². The van der Waals surface area contributed by atoms with E-state index in [-0.39, 0.29) is 5.92 Å². The Balaban J connectivity index is 3.34. The molecule has 0 heterocycles. The van der Waals surface area contributed by atoms with Crippen molar-refractivity contribution in [3.63, 3.8) is 0 Å². The number of rotatable bonds is 2. The molecular formula is C11H13Cl2F. The Morgan fingerprint density at radius 3 is 2.14 bits per heavy atom. The predicted molar refractivity (Wildman–Crippen MR) is 60.1 cm³/mol. The smallest absolute Gasteiger partial charge is 0.125 e. The summed E-state index contributed by atoms with van der Waals surface area (Å²) < 4.78 is 13.2. The Labute approximate surface area is 94.0 Å². The standard InChI is InChI=1S/C11H13Cl2F/c1-6(2)8-4-5-9(12)10(7(3)14)11(8)13/h4-7H,1-3H3. The number of hydrogen-bond acceptors (Lipinski definition) is 0. The van der Waals surface area contributed by atoms with Gasteiger partial charge in [-0.1, -0.05) is 43.1 Å². The molecule has 14 heavy (non-hydrogen) atoms. The Bertz CT molecular complexity index is 332. The van der Waals surface area contributed by atoms with Crippen LogP contribution in [0.4, 0.5) is 4.39 Å². The van der Waals surface area contributed by atoms with E-state index in [4.69, 9.17) is 23.2 Å². The van der Waals surface area contributed by atoms with Gasteiger partial charge in [0.05, 0.1) is 5.02 Å². The number of halogens is 3. The van der Waals surface area contributed by atoms with Crippen molar-refractivity contribution >= 4 is 23.2 Å². The van der Waals surface area contributed by atoms with Gasteiger partial charge < -0.3 is 0 Å². The average molecular weight is 235 g/mol.